The summed E-state index contributed by atoms with van der Waals surface area (Å²) in [6, 6.07) is -0.700. The molecule has 1 N–H and O–H groups in total. The van der Waals surface area contributed by atoms with Crippen LogP contribution in [0.4, 0.5) is 4.79 Å². The molecule has 1 aliphatic heterocycles. The molecule has 74 valence electrons. The molecular weight excluding hydrogens is 198 g/mol. The van der Waals surface area contributed by atoms with Crippen molar-refractivity contribution in [3.05, 3.63) is 22.8 Å². The normalized spacial score (nSPS) is 22.4. The minimum Gasteiger partial charge on any atom is -0.411 e. The van der Waals surface area contributed by atoms with Crippen molar-refractivity contribution in [2.75, 3.05) is 0 Å². The van der Waals surface area contributed by atoms with Crippen LogP contribution in [-0.4, -0.2) is 28.1 Å². The minimum absolute atomic E-state index is 0.212. The highest BCUT2D eigenvalue weighted by Gasteiger charge is 2.36. The molecule has 1 atom stereocenters. The Bertz CT molecular complexity index is 593. The maximum Gasteiger partial charge on any atom is 0.413 e. The first-order chi connectivity index (χ1) is 7.25. The van der Waals surface area contributed by atoms with Gasteiger partial charge in [0.1, 0.15) is 5.76 Å². The summed E-state index contributed by atoms with van der Waals surface area (Å²) in [7, 11) is 0. The average Bonchev–Trinajstić information content (AvgIpc) is 2.61. The van der Waals surface area contributed by atoms with E-state index in [4.69, 9.17) is 4.74 Å². The lowest BCUT2D eigenvalue weighted by molar-refractivity contribution is -0.113. The molecule has 0 radical (unpaired) electrons. The molecule has 0 spiro atoms. The number of hydrogen-bond acceptors (Lipinski definition) is 5. The zero-order valence-electron chi connectivity index (χ0n) is 7.43. The molecule has 1 fully saturated rings. The smallest absolute Gasteiger partial charge is 0.411 e. The van der Waals surface area contributed by atoms with Crippen LogP contribution < -0.4 is 15.8 Å². The van der Waals surface area contributed by atoms with Crippen molar-refractivity contribution in [1.29, 1.82) is 0 Å². The summed E-state index contributed by atoms with van der Waals surface area (Å²) in [6.07, 6.45) is 3.75. The van der Waals surface area contributed by atoms with Gasteiger partial charge in [-0.3, -0.25) is 4.79 Å². The highest BCUT2D eigenvalue weighted by molar-refractivity contribution is 6.17. The number of nitrogens with zero attached hydrogens (tertiary/aromatic N) is 2. The predicted molar refractivity (Wildman–Crippen MR) is 47.6 cm³/mol. The van der Waals surface area contributed by atoms with E-state index in [9.17, 15) is 9.59 Å². The molecule has 1 saturated heterocycles. The van der Waals surface area contributed by atoms with Crippen LogP contribution in [0.5, 0.6) is 0 Å². The van der Waals surface area contributed by atoms with Gasteiger partial charge >= 0.3 is 6.09 Å². The molecule has 2 aliphatic rings. The van der Waals surface area contributed by atoms with Gasteiger partial charge in [-0.2, -0.15) is 10.2 Å². The zero-order valence-corrected chi connectivity index (χ0v) is 7.43. The lowest BCUT2D eigenvalue weighted by Gasteiger charge is -2.08. The number of Topliss-reactive ketones (excluding diaryl/α,β-unsaturated/α-hetero) is 1. The maximum atomic E-state index is 11.6. The average molecular weight is 203 g/mol. The molecule has 0 bridgehead atoms. The van der Waals surface area contributed by atoms with Crippen LogP contribution in [0.25, 0.3) is 11.8 Å². The van der Waals surface area contributed by atoms with Crippen molar-refractivity contribution in [1.82, 2.24) is 15.5 Å². The second-order valence-electron chi connectivity index (χ2n) is 3.24. The summed E-state index contributed by atoms with van der Waals surface area (Å²) in [5, 5.41) is 11.0. The molecule has 1 unspecified atom stereocenters. The summed E-state index contributed by atoms with van der Waals surface area (Å²) < 4.78 is 4.92. The van der Waals surface area contributed by atoms with E-state index < -0.39 is 12.1 Å². The maximum absolute atomic E-state index is 11.6. The van der Waals surface area contributed by atoms with E-state index in [-0.39, 0.29) is 5.78 Å². The molecule has 1 amide bonds. The molecule has 1 aromatic heterocycles. The number of carbonyl (C=O) groups is 2. The number of amides is 1. The van der Waals surface area contributed by atoms with Crippen molar-refractivity contribution < 1.29 is 14.3 Å². The number of carbonyl (C=O) groups excluding carboxylic acids is 2. The summed E-state index contributed by atoms with van der Waals surface area (Å²) >= 11 is 0. The topological polar surface area (TPSA) is 81.2 Å². The molecule has 0 saturated carbocycles. The second-order valence-corrected chi connectivity index (χ2v) is 3.24. The number of hydrogen-bond donors (Lipinski definition) is 1. The van der Waals surface area contributed by atoms with Crippen molar-refractivity contribution in [2.45, 2.75) is 6.04 Å². The molecule has 6 heteroatoms. The van der Waals surface area contributed by atoms with Crippen molar-refractivity contribution >= 4 is 23.7 Å². The first kappa shape index (κ1) is 8.10. The first-order valence-electron chi connectivity index (χ1n) is 4.30. The fourth-order valence-electron chi connectivity index (χ4n) is 1.67. The standard InChI is InChI=1S/C9H5N3O3/c13-6-1-4-2-10-11-3-5(4)8-7(6)12-9(14)15-8/h1-3,7H,(H,12,14). The van der Waals surface area contributed by atoms with Crippen molar-refractivity contribution in [3.63, 3.8) is 0 Å². The van der Waals surface area contributed by atoms with Gasteiger partial charge in [0.15, 0.2) is 11.8 Å². The minimum atomic E-state index is -0.700. The SMILES string of the molecule is O=C1NC2C(=O)C=c3cnncc3=C2O1. The van der Waals surface area contributed by atoms with Crippen molar-refractivity contribution in [2.24, 2.45) is 0 Å². The van der Waals surface area contributed by atoms with E-state index in [2.05, 4.69) is 15.5 Å². The lowest BCUT2D eigenvalue weighted by Crippen LogP contribution is -2.43. The second kappa shape index (κ2) is 2.63. The van der Waals surface area contributed by atoms with E-state index in [1.807, 2.05) is 0 Å². The summed E-state index contributed by atoms with van der Waals surface area (Å²) in [5.74, 6) is 0.105. The molecule has 2 heterocycles. The largest absolute Gasteiger partial charge is 0.413 e. The van der Waals surface area contributed by atoms with Crippen LogP contribution in [-0.2, 0) is 9.53 Å². The van der Waals surface area contributed by atoms with E-state index >= 15 is 0 Å². The first-order valence-corrected chi connectivity index (χ1v) is 4.30. The van der Waals surface area contributed by atoms with E-state index in [0.717, 1.165) is 0 Å². The number of alkyl carbamates (subject to hydrolysis) is 1. The van der Waals surface area contributed by atoms with Crippen LogP contribution >= 0.6 is 0 Å². The number of rotatable bonds is 0. The van der Waals surface area contributed by atoms with Gasteiger partial charge in [0.25, 0.3) is 0 Å². The molecular formula is C9H5N3O3. The van der Waals surface area contributed by atoms with E-state index in [1.165, 1.54) is 18.5 Å². The molecule has 1 aliphatic carbocycles. The Hall–Kier alpha value is -2.24. The Labute approximate surface area is 83.3 Å². The predicted octanol–water partition coefficient (Wildman–Crippen LogP) is -1.94. The zero-order chi connectivity index (χ0) is 10.4. The Balaban J connectivity index is 2.40. The van der Waals surface area contributed by atoms with Gasteiger partial charge in [0.2, 0.25) is 0 Å². The molecule has 6 nitrogen and oxygen atoms in total. The van der Waals surface area contributed by atoms with Gasteiger partial charge in [-0.15, -0.1) is 0 Å². The van der Waals surface area contributed by atoms with Gasteiger partial charge in [0.05, 0.1) is 12.4 Å². The summed E-state index contributed by atoms with van der Waals surface area (Å²) in [5.41, 5.74) is 0. The molecule has 15 heavy (non-hydrogen) atoms. The third-order valence-corrected chi connectivity index (χ3v) is 2.34. The number of fused-ring (bicyclic) bond motifs is 2. The van der Waals surface area contributed by atoms with E-state index in [1.54, 1.807) is 0 Å². The fraction of sp³-hybridized carbons (Fsp3) is 0.111. The van der Waals surface area contributed by atoms with Gasteiger partial charge in [-0.05, 0) is 6.08 Å². The van der Waals surface area contributed by atoms with Gasteiger partial charge in [-0.25, -0.2) is 4.79 Å². The number of aromatic nitrogens is 2. The molecule has 3 rings (SSSR count). The third kappa shape index (κ3) is 1.04. The fourth-order valence-corrected chi connectivity index (χ4v) is 1.67. The molecule has 1 aromatic rings. The van der Waals surface area contributed by atoms with Crippen LogP contribution in [0.15, 0.2) is 12.4 Å². The third-order valence-electron chi connectivity index (χ3n) is 2.34. The van der Waals surface area contributed by atoms with Crippen molar-refractivity contribution in [3.8, 4) is 0 Å². The highest BCUT2D eigenvalue weighted by Crippen LogP contribution is 2.14. The van der Waals surface area contributed by atoms with Gasteiger partial charge in [-0.1, -0.05) is 0 Å². The van der Waals surface area contributed by atoms with Crippen LogP contribution in [0.1, 0.15) is 0 Å². The number of ether oxygens (including phenoxy) is 1. The van der Waals surface area contributed by atoms with Crippen LogP contribution in [0.2, 0.25) is 0 Å². The summed E-state index contributed by atoms with van der Waals surface area (Å²) in [4.78, 5) is 22.6. The lowest BCUT2D eigenvalue weighted by atomic mass is 10.0. The highest BCUT2D eigenvalue weighted by atomic mass is 16.6. The summed E-state index contributed by atoms with van der Waals surface area (Å²) in [6.45, 7) is 0. The number of nitrogens with one attached hydrogen (secondary N) is 1. The Morgan fingerprint density at radius 2 is 2.07 bits per heavy atom. The van der Waals surface area contributed by atoms with Crippen LogP contribution in [0, 0.1) is 0 Å². The Morgan fingerprint density at radius 3 is 2.93 bits per heavy atom. The Morgan fingerprint density at radius 1 is 1.27 bits per heavy atom. The van der Waals surface area contributed by atoms with Gasteiger partial charge < -0.3 is 10.1 Å². The van der Waals surface area contributed by atoms with E-state index in [0.29, 0.717) is 16.2 Å². The number of ketones is 1. The van der Waals surface area contributed by atoms with Crippen LogP contribution in [0.3, 0.4) is 0 Å². The monoisotopic (exact) mass is 203 g/mol. The quantitative estimate of drug-likeness (QED) is 0.530. The molecule has 0 aromatic carbocycles. The Kier molecular flexibility index (Phi) is 1.42. The van der Waals surface area contributed by atoms with Gasteiger partial charge in [0, 0.05) is 10.4 Å².